The van der Waals surface area contributed by atoms with Crippen molar-refractivity contribution in [3.63, 3.8) is 0 Å². The zero-order chi connectivity index (χ0) is 20.5. The highest BCUT2D eigenvalue weighted by Gasteiger charge is 2.06. The van der Waals surface area contributed by atoms with Crippen LogP contribution in [0.2, 0.25) is 5.02 Å². The predicted molar refractivity (Wildman–Crippen MR) is 116 cm³/mol. The van der Waals surface area contributed by atoms with Crippen LogP contribution in [0.25, 0.3) is 0 Å². The topological polar surface area (TPSA) is 76.1 Å². The highest BCUT2D eigenvalue weighted by Crippen LogP contribution is 2.18. The molecule has 150 valence electrons. The van der Waals surface area contributed by atoms with Crippen LogP contribution in [-0.2, 0) is 17.9 Å². The Morgan fingerprint density at radius 2 is 1.90 bits per heavy atom. The summed E-state index contributed by atoms with van der Waals surface area (Å²) < 4.78 is 5.19. The molecule has 29 heavy (non-hydrogen) atoms. The highest BCUT2D eigenvalue weighted by molar-refractivity contribution is 7.99. The number of aromatic nitrogens is 2. The van der Waals surface area contributed by atoms with Gasteiger partial charge in [0.2, 0.25) is 5.91 Å². The van der Waals surface area contributed by atoms with Gasteiger partial charge in [-0.3, -0.25) is 4.79 Å². The Hall–Kier alpha value is -2.77. The number of rotatable bonds is 9. The van der Waals surface area contributed by atoms with Gasteiger partial charge in [-0.05, 0) is 35.4 Å². The lowest BCUT2D eigenvalue weighted by atomic mass is 10.2. The minimum absolute atomic E-state index is 0.0629. The first kappa shape index (κ1) is 21.0. The summed E-state index contributed by atoms with van der Waals surface area (Å²) in [5.74, 6) is 1.68. The molecule has 3 aromatic rings. The van der Waals surface area contributed by atoms with Gasteiger partial charge in [-0.25, -0.2) is 9.97 Å². The van der Waals surface area contributed by atoms with Crippen LogP contribution < -0.4 is 15.4 Å². The van der Waals surface area contributed by atoms with Crippen molar-refractivity contribution in [3.8, 4) is 5.75 Å². The molecule has 0 fully saturated rings. The first-order valence-corrected chi connectivity index (χ1v) is 10.3. The van der Waals surface area contributed by atoms with Gasteiger partial charge in [0, 0.05) is 24.2 Å². The Labute approximate surface area is 179 Å². The average Bonchev–Trinajstić information content (AvgIpc) is 2.76. The smallest absolute Gasteiger partial charge is 0.230 e. The number of ether oxygens (including phenoxy) is 1. The number of methoxy groups -OCH3 is 1. The average molecular weight is 429 g/mol. The van der Waals surface area contributed by atoms with Gasteiger partial charge < -0.3 is 15.4 Å². The van der Waals surface area contributed by atoms with E-state index in [1.54, 1.807) is 7.11 Å². The fourth-order valence-corrected chi connectivity index (χ4v) is 3.31. The highest BCUT2D eigenvalue weighted by atomic mass is 35.5. The summed E-state index contributed by atoms with van der Waals surface area (Å²) >= 11 is 7.26. The molecule has 0 spiro atoms. The number of anilines is 1. The normalized spacial score (nSPS) is 10.4. The van der Waals surface area contributed by atoms with E-state index in [1.807, 2.05) is 54.6 Å². The number of carbonyl (C=O) groups excluding carboxylic acids is 1. The minimum Gasteiger partial charge on any atom is -0.497 e. The van der Waals surface area contributed by atoms with Crippen LogP contribution in [-0.4, -0.2) is 28.7 Å². The van der Waals surface area contributed by atoms with Crippen LogP contribution in [0.1, 0.15) is 11.1 Å². The van der Waals surface area contributed by atoms with Gasteiger partial charge in [0.05, 0.1) is 12.9 Å². The Morgan fingerprint density at radius 3 is 2.69 bits per heavy atom. The molecule has 1 heterocycles. The summed E-state index contributed by atoms with van der Waals surface area (Å²) in [5.41, 5.74) is 2.08. The molecule has 2 aromatic carbocycles. The number of amides is 1. The molecule has 0 unspecified atom stereocenters. The maximum atomic E-state index is 12.1. The van der Waals surface area contributed by atoms with E-state index in [9.17, 15) is 4.79 Å². The van der Waals surface area contributed by atoms with E-state index in [0.29, 0.717) is 23.9 Å². The molecule has 0 bridgehead atoms. The summed E-state index contributed by atoms with van der Waals surface area (Å²) in [5, 5.41) is 7.59. The molecule has 0 aliphatic carbocycles. The van der Waals surface area contributed by atoms with Crippen LogP contribution in [0.4, 0.5) is 5.82 Å². The summed E-state index contributed by atoms with van der Waals surface area (Å²) in [7, 11) is 1.62. The SMILES string of the molecule is COc1cccc(CNC(=O)CSc2cc(NCc3ccc(Cl)cc3)ncn2)c1. The quantitative estimate of drug-likeness (QED) is 0.393. The van der Waals surface area contributed by atoms with Crippen LogP contribution in [0.5, 0.6) is 5.75 Å². The predicted octanol–water partition coefficient (Wildman–Crippen LogP) is 4.16. The molecule has 1 amide bonds. The Balaban J connectivity index is 1.45. The minimum atomic E-state index is -0.0629. The number of hydrogen-bond acceptors (Lipinski definition) is 6. The number of thioether (sulfide) groups is 1. The Morgan fingerprint density at radius 1 is 1.07 bits per heavy atom. The second kappa shape index (κ2) is 10.7. The lowest BCUT2D eigenvalue weighted by Gasteiger charge is -2.08. The number of hydrogen-bond donors (Lipinski definition) is 2. The fourth-order valence-electron chi connectivity index (χ4n) is 2.48. The van der Waals surface area contributed by atoms with Crippen LogP contribution in [0.15, 0.2) is 66.0 Å². The second-order valence-corrected chi connectivity index (χ2v) is 7.57. The molecular weight excluding hydrogens is 408 g/mol. The number of carbonyl (C=O) groups is 1. The van der Waals surface area contributed by atoms with Crippen LogP contribution in [0, 0.1) is 0 Å². The van der Waals surface area contributed by atoms with Gasteiger partial charge in [0.1, 0.15) is 22.9 Å². The van der Waals surface area contributed by atoms with Crippen molar-refractivity contribution in [3.05, 3.63) is 77.1 Å². The molecule has 0 atom stereocenters. The lowest BCUT2D eigenvalue weighted by molar-refractivity contribution is -0.118. The fraction of sp³-hybridized carbons (Fsp3) is 0.190. The summed E-state index contributed by atoms with van der Waals surface area (Å²) in [6, 6.07) is 17.1. The van der Waals surface area contributed by atoms with Gasteiger partial charge in [-0.2, -0.15) is 0 Å². The van der Waals surface area contributed by atoms with Gasteiger partial charge in [-0.15, -0.1) is 0 Å². The molecule has 3 rings (SSSR count). The van der Waals surface area contributed by atoms with E-state index < -0.39 is 0 Å². The molecule has 8 heteroatoms. The largest absolute Gasteiger partial charge is 0.497 e. The molecule has 0 saturated heterocycles. The summed E-state index contributed by atoms with van der Waals surface area (Å²) in [6.45, 7) is 1.08. The Bertz CT molecular complexity index is 953. The second-order valence-electron chi connectivity index (χ2n) is 6.14. The zero-order valence-corrected chi connectivity index (χ0v) is 17.5. The standard InChI is InChI=1S/C21H21ClN4O2S/c1-28-18-4-2-3-16(9-18)12-24-20(27)13-29-21-10-19(25-14-26-21)23-11-15-5-7-17(22)8-6-15/h2-10,14H,11-13H2,1H3,(H,24,27)(H,23,25,26). The molecule has 0 radical (unpaired) electrons. The van der Waals surface area contributed by atoms with E-state index in [1.165, 1.54) is 18.1 Å². The molecule has 0 aliphatic rings. The molecular formula is C21H21ClN4O2S. The Kier molecular flexibility index (Phi) is 7.72. The maximum Gasteiger partial charge on any atom is 0.230 e. The van der Waals surface area contributed by atoms with Crippen molar-refractivity contribution >= 4 is 35.1 Å². The number of halogens is 1. The van der Waals surface area contributed by atoms with Crippen molar-refractivity contribution in [1.82, 2.24) is 15.3 Å². The third-order valence-electron chi connectivity index (χ3n) is 4.00. The van der Waals surface area contributed by atoms with Crippen molar-refractivity contribution in [2.24, 2.45) is 0 Å². The summed E-state index contributed by atoms with van der Waals surface area (Å²) in [6.07, 6.45) is 1.49. The van der Waals surface area contributed by atoms with Crippen molar-refractivity contribution < 1.29 is 9.53 Å². The van der Waals surface area contributed by atoms with E-state index >= 15 is 0 Å². The molecule has 6 nitrogen and oxygen atoms in total. The van der Waals surface area contributed by atoms with Gasteiger partial charge in [-0.1, -0.05) is 47.6 Å². The molecule has 2 N–H and O–H groups in total. The number of nitrogens with one attached hydrogen (secondary N) is 2. The zero-order valence-electron chi connectivity index (χ0n) is 15.9. The van der Waals surface area contributed by atoms with Crippen molar-refractivity contribution in [1.29, 1.82) is 0 Å². The van der Waals surface area contributed by atoms with E-state index in [4.69, 9.17) is 16.3 Å². The van der Waals surface area contributed by atoms with Gasteiger partial charge in [0.25, 0.3) is 0 Å². The van der Waals surface area contributed by atoms with Gasteiger partial charge >= 0.3 is 0 Å². The lowest BCUT2D eigenvalue weighted by Crippen LogP contribution is -2.24. The third-order valence-corrected chi connectivity index (χ3v) is 5.18. The van der Waals surface area contributed by atoms with Crippen LogP contribution >= 0.6 is 23.4 Å². The third kappa shape index (κ3) is 6.96. The monoisotopic (exact) mass is 428 g/mol. The number of nitrogens with zero attached hydrogens (tertiary/aromatic N) is 2. The summed E-state index contributed by atoms with van der Waals surface area (Å²) in [4.78, 5) is 20.6. The first-order valence-electron chi connectivity index (χ1n) is 8.95. The molecule has 0 saturated carbocycles. The maximum absolute atomic E-state index is 12.1. The molecule has 1 aromatic heterocycles. The van der Waals surface area contributed by atoms with E-state index in [-0.39, 0.29) is 11.7 Å². The molecule has 0 aliphatic heterocycles. The van der Waals surface area contributed by atoms with Gasteiger partial charge in [0.15, 0.2) is 0 Å². The van der Waals surface area contributed by atoms with E-state index in [0.717, 1.165) is 21.9 Å². The number of benzene rings is 2. The van der Waals surface area contributed by atoms with E-state index in [2.05, 4.69) is 20.6 Å². The van der Waals surface area contributed by atoms with Crippen molar-refractivity contribution in [2.75, 3.05) is 18.2 Å². The van der Waals surface area contributed by atoms with Crippen molar-refractivity contribution in [2.45, 2.75) is 18.1 Å². The van der Waals surface area contributed by atoms with Crippen LogP contribution in [0.3, 0.4) is 0 Å². The first-order chi connectivity index (χ1) is 14.1.